The molecular formula is C11H19NO2. The first-order valence-electron chi connectivity index (χ1n) is 5.02. The highest BCUT2D eigenvalue weighted by Gasteiger charge is 2.34. The van der Waals surface area contributed by atoms with Gasteiger partial charge in [0.15, 0.2) is 0 Å². The zero-order valence-corrected chi connectivity index (χ0v) is 9.84. The molecule has 0 aliphatic carbocycles. The molecule has 1 aliphatic rings. The van der Waals surface area contributed by atoms with E-state index in [1.165, 1.54) is 4.90 Å². The van der Waals surface area contributed by atoms with Crippen molar-refractivity contribution < 1.29 is 9.59 Å². The lowest BCUT2D eigenvalue weighted by Crippen LogP contribution is -2.37. The molecule has 0 atom stereocenters. The van der Waals surface area contributed by atoms with Crippen LogP contribution in [-0.2, 0) is 9.59 Å². The van der Waals surface area contributed by atoms with E-state index in [-0.39, 0.29) is 17.9 Å². The Labute approximate surface area is 85.8 Å². The molecule has 3 nitrogen and oxygen atoms in total. The Hall–Kier alpha value is -1.12. The highest BCUT2D eigenvalue weighted by Crippen LogP contribution is 2.21. The molecule has 0 radical (unpaired) electrons. The fourth-order valence-electron chi connectivity index (χ4n) is 1.24. The number of rotatable bonds is 1. The van der Waals surface area contributed by atoms with Gasteiger partial charge < -0.3 is 0 Å². The normalized spacial score (nSPS) is 16.4. The summed E-state index contributed by atoms with van der Waals surface area (Å²) < 4.78 is 0. The van der Waals surface area contributed by atoms with Crippen molar-refractivity contribution in [2.75, 3.05) is 0 Å². The molecule has 0 fully saturated rings. The highest BCUT2D eigenvalue weighted by molar-refractivity contribution is 6.18. The Morgan fingerprint density at radius 2 is 1.21 bits per heavy atom. The van der Waals surface area contributed by atoms with Crippen molar-refractivity contribution in [2.24, 2.45) is 0 Å². The van der Waals surface area contributed by atoms with Gasteiger partial charge in [-0.15, -0.1) is 0 Å². The first kappa shape index (κ1) is 12.9. The zero-order valence-electron chi connectivity index (χ0n) is 9.84. The van der Waals surface area contributed by atoms with Gasteiger partial charge in [0.1, 0.15) is 0 Å². The van der Waals surface area contributed by atoms with E-state index in [1.807, 2.05) is 27.7 Å². The maximum atomic E-state index is 11.4. The van der Waals surface area contributed by atoms with E-state index < -0.39 is 0 Å². The Morgan fingerprint density at radius 1 is 0.929 bits per heavy atom. The van der Waals surface area contributed by atoms with Gasteiger partial charge in [-0.1, -0.05) is 13.8 Å². The fraction of sp³-hybridized carbons (Fsp3) is 0.636. The van der Waals surface area contributed by atoms with Crippen LogP contribution in [0.25, 0.3) is 0 Å². The lowest BCUT2D eigenvalue weighted by Gasteiger charge is -2.18. The third-order valence-electron chi connectivity index (χ3n) is 2.16. The number of carbonyl (C=O) groups is 2. The van der Waals surface area contributed by atoms with E-state index >= 15 is 0 Å². The Bertz CT molecular complexity index is 253. The molecule has 0 N–H and O–H groups in total. The van der Waals surface area contributed by atoms with Crippen LogP contribution in [0.3, 0.4) is 0 Å². The van der Waals surface area contributed by atoms with E-state index in [0.717, 1.165) is 0 Å². The third kappa shape index (κ3) is 2.03. The van der Waals surface area contributed by atoms with Crippen molar-refractivity contribution in [1.82, 2.24) is 4.90 Å². The van der Waals surface area contributed by atoms with Gasteiger partial charge in [0.05, 0.1) is 0 Å². The largest absolute Gasteiger partial charge is 0.272 e. The maximum absolute atomic E-state index is 11.4. The van der Waals surface area contributed by atoms with E-state index in [2.05, 4.69) is 0 Å². The maximum Gasteiger partial charge on any atom is 0.257 e. The zero-order chi connectivity index (χ0) is 11.5. The number of imide groups is 1. The minimum atomic E-state index is -0.146. The van der Waals surface area contributed by atoms with Crippen molar-refractivity contribution in [3.8, 4) is 0 Å². The molecule has 80 valence electrons. The molecule has 14 heavy (non-hydrogen) atoms. The summed E-state index contributed by atoms with van der Waals surface area (Å²) in [6, 6.07) is -0.0441. The molecule has 0 spiro atoms. The van der Waals surface area contributed by atoms with Crippen LogP contribution in [0.4, 0.5) is 0 Å². The van der Waals surface area contributed by atoms with Crippen molar-refractivity contribution >= 4 is 11.8 Å². The minimum absolute atomic E-state index is 0.0441. The van der Waals surface area contributed by atoms with Crippen LogP contribution >= 0.6 is 0 Å². The second-order valence-electron chi connectivity index (χ2n) is 3.32. The summed E-state index contributed by atoms with van der Waals surface area (Å²) >= 11 is 0. The third-order valence-corrected chi connectivity index (χ3v) is 2.16. The summed E-state index contributed by atoms with van der Waals surface area (Å²) in [4.78, 5) is 24.1. The highest BCUT2D eigenvalue weighted by atomic mass is 16.2. The smallest absolute Gasteiger partial charge is 0.257 e. The minimum Gasteiger partial charge on any atom is -0.272 e. The average Bonchev–Trinajstić information content (AvgIpc) is 2.34. The number of carbonyl (C=O) groups excluding carboxylic acids is 2. The van der Waals surface area contributed by atoms with Crippen LogP contribution in [0.5, 0.6) is 0 Å². The second-order valence-corrected chi connectivity index (χ2v) is 3.32. The van der Waals surface area contributed by atoms with E-state index in [0.29, 0.717) is 11.1 Å². The van der Waals surface area contributed by atoms with Gasteiger partial charge in [0, 0.05) is 17.2 Å². The van der Waals surface area contributed by atoms with E-state index in [4.69, 9.17) is 0 Å². The van der Waals surface area contributed by atoms with Gasteiger partial charge in [0.2, 0.25) is 0 Å². The molecule has 1 heterocycles. The van der Waals surface area contributed by atoms with Crippen LogP contribution in [0.15, 0.2) is 11.1 Å². The Balaban J connectivity index is 0.000000791. The predicted octanol–water partition coefficient (Wildman–Crippen LogP) is 2.13. The molecule has 0 saturated carbocycles. The SMILES string of the molecule is CC.CC1=C(C)C(=O)N(C(C)C)C1=O. The molecule has 1 rings (SSSR count). The molecule has 3 heteroatoms. The van der Waals surface area contributed by atoms with Gasteiger partial charge in [-0.05, 0) is 27.7 Å². The molecule has 0 bridgehead atoms. The first-order valence-corrected chi connectivity index (χ1v) is 5.02. The van der Waals surface area contributed by atoms with Crippen molar-refractivity contribution in [3.63, 3.8) is 0 Å². The van der Waals surface area contributed by atoms with E-state index in [1.54, 1.807) is 13.8 Å². The Morgan fingerprint density at radius 3 is 1.36 bits per heavy atom. The predicted molar refractivity (Wildman–Crippen MR) is 56.7 cm³/mol. The summed E-state index contributed by atoms with van der Waals surface area (Å²) in [5.74, 6) is -0.292. The van der Waals surface area contributed by atoms with Gasteiger partial charge in [-0.2, -0.15) is 0 Å². The first-order chi connectivity index (χ1) is 6.46. The van der Waals surface area contributed by atoms with Crippen LogP contribution in [0, 0.1) is 0 Å². The van der Waals surface area contributed by atoms with Crippen LogP contribution in [0.1, 0.15) is 41.5 Å². The summed E-state index contributed by atoms with van der Waals surface area (Å²) in [7, 11) is 0. The monoisotopic (exact) mass is 197 g/mol. The van der Waals surface area contributed by atoms with Gasteiger partial charge >= 0.3 is 0 Å². The lowest BCUT2D eigenvalue weighted by atomic mass is 10.2. The van der Waals surface area contributed by atoms with Crippen LogP contribution in [0.2, 0.25) is 0 Å². The van der Waals surface area contributed by atoms with Crippen molar-refractivity contribution in [3.05, 3.63) is 11.1 Å². The summed E-state index contributed by atoms with van der Waals surface area (Å²) in [6.45, 7) is 11.1. The number of hydrogen-bond acceptors (Lipinski definition) is 2. The van der Waals surface area contributed by atoms with Crippen LogP contribution in [-0.4, -0.2) is 22.8 Å². The summed E-state index contributed by atoms with van der Waals surface area (Å²) in [5.41, 5.74) is 1.16. The molecule has 1 aliphatic heterocycles. The fourth-order valence-corrected chi connectivity index (χ4v) is 1.24. The molecule has 0 saturated heterocycles. The molecule has 0 aromatic carbocycles. The van der Waals surface area contributed by atoms with Gasteiger partial charge in [-0.25, -0.2) is 0 Å². The molecule has 0 aromatic heterocycles. The van der Waals surface area contributed by atoms with Crippen LogP contribution < -0.4 is 0 Å². The van der Waals surface area contributed by atoms with Crippen molar-refractivity contribution in [1.29, 1.82) is 0 Å². The molecule has 2 amide bonds. The molecule has 0 aromatic rings. The average molecular weight is 197 g/mol. The number of nitrogens with zero attached hydrogens (tertiary/aromatic N) is 1. The topological polar surface area (TPSA) is 37.4 Å². The second kappa shape index (κ2) is 4.94. The summed E-state index contributed by atoms with van der Waals surface area (Å²) in [5, 5.41) is 0. The van der Waals surface area contributed by atoms with Gasteiger partial charge in [0.25, 0.3) is 11.8 Å². The summed E-state index contributed by atoms with van der Waals surface area (Å²) in [6.07, 6.45) is 0. The van der Waals surface area contributed by atoms with E-state index in [9.17, 15) is 9.59 Å². The molecular weight excluding hydrogens is 178 g/mol. The Kier molecular flexibility index (Phi) is 4.54. The lowest BCUT2D eigenvalue weighted by molar-refractivity contribution is -0.139. The quantitative estimate of drug-likeness (QED) is 0.604. The number of amides is 2. The number of hydrogen-bond donors (Lipinski definition) is 0. The molecule has 0 unspecified atom stereocenters. The standard InChI is InChI=1S/C9H13NO2.C2H6/c1-5(2)10-8(11)6(3)7(4)9(10)12;1-2/h5H,1-4H3;1-2H3. The van der Waals surface area contributed by atoms with Gasteiger partial charge in [-0.3, -0.25) is 14.5 Å². The van der Waals surface area contributed by atoms with Crippen molar-refractivity contribution in [2.45, 2.75) is 47.6 Å².